The molecule has 0 bridgehead atoms. The average Bonchev–Trinajstić information content (AvgIpc) is 2.96. The van der Waals surface area contributed by atoms with Crippen molar-refractivity contribution in [3.8, 4) is 0 Å². The van der Waals surface area contributed by atoms with Gasteiger partial charge in [-0.25, -0.2) is 0 Å². The molecular formula is C15H20ClN3O2. The highest BCUT2D eigenvalue weighted by Gasteiger charge is 2.41. The molecule has 3 rings (SSSR count). The molecule has 2 heterocycles. The minimum absolute atomic E-state index is 0.0238. The number of ether oxygens (including phenoxy) is 1. The van der Waals surface area contributed by atoms with Crippen LogP contribution >= 0.6 is 11.6 Å². The lowest BCUT2D eigenvalue weighted by molar-refractivity contribution is -0.137. The molecule has 1 atom stereocenters. The van der Waals surface area contributed by atoms with E-state index in [1.54, 1.807) is 0 Å². The van der Waals surface area contributed by atoms with Gasteiger partial charge in [0.25, 0.3) is 0 Å². The van der Waals surface area contributed by atoms with Crippen molar-refractivity contribution in [1.82, 2.24) is 4.90 Å². The van der Waals surface area contributed by atoms with Crippen LogP contribution in [0.25, 0.3) is 0 Å². The topological polar surface area (TPSA) is 58.8 Å². The number of anilines is 1. The number of hydrogen-bond donors (Lipinski definition) is 1. The van der Waals surface area contributed by atoms with Crippen molar-refractivity contribution in [3.63, 3.8) is 0 Å². The molecule has 2 saturated heterocycles. The fourth-order valence-electron chi connectivity index (χ4n) is 2.88. The van der Waals surface area contributed by atoms with Crippen molar-refractivity contribution in [2.45, 2.75) is 12.0 Å². The molecule has 2 N–H and O–H groups in total. The van der Waals surface area contributed by atoms with Crippen LogP contribution in [0.5, 0.6) is 0 Å². The normalized spacial score (nSPS) is 26.2. The average molecular weight is 310 g/mol. The summed E-state index contributed by atoms with van der Waals surface area (Å²) in [5, 5.41) is 0.735. The van der Waals surface area contributed by atoms with E-state index < -0.39 is 5.54 Å². The van der Waals surface area contributed by atoms with Crippen LogP contribution in [0.2, 0.25) is 5.02 Å². The summed E-state index contributed by atoms with van der Waals surface area (Å²) in [5.74, 6) is 0.0238. The van der Waals surface area contributed by atoms with E-state index in [-0.39, 0.29) is 5.91 Å². The van der Waals surface area contributed by atoms with E-state index in [9.17, 15) is 4.79 Å². The second-order valence-electron chi connectivity index (χ2n) is 5.71. The highest BCUT2D eigenvalue weighted by molar-refractivity contribution is 6.30. The smallest absolute Gasteiger partial charge is 0.245 e. The molecule has 2 fully saturated rings. The number of carbonyl (C=O) groups excluding carboxylic acids is 1. The second-order valence-corrected chi connectivity index (χ2v) is 6.15. The zero-order valence-corrected chi connectivity index (χ0v) is 12.7. The lowest BCUT2D eigenvalue weighted by Crippen LogP contribution is -2.60. The van der Waals surface area contributed by atoms with E-state index >= 15 is 0 Å². The van der Waals surface area contributed by atoms with Gasteiger partial charge in [-0.2, -0.15) is 0 Å². The molecule has 1 aromatic carbocycles. The van der Waals surface area contributed by atoms with E-state index in [4.69, 9.17) is 22.1 Å². The van der Waals surface area contributed by atoms with Gasteiger partial charge in [0.1, 0.15) is 5.54 Å². The molecule has 21 heavy (non-hydrogen) atoms. The Morgan fingerprint density at radius 3 is 2.43 bits per heavy atom. The number of amides is 1. The van der Waals surface area contributed by atoms with Gasteiger partial charge in [-0.15, -0.1) is 0 Å². The predicted octanol–water partition coefficient (Wildman–Crippen LogP) is 1.11. The van der Waals surface area contributed by atoms with Gasteiger partial charge in [-0.3, -0.25) is 4.79 Å². The van der Waals surface area contributed by atoms with E-state index in [0.717, 1.165) is 23.8 Å². The Balaban J connectivity index is 1.60. The summed E-state index contributed by atoms with van der Waals surface area (Å²) in [6.45, 7) is 3.92. The Hall–Kier alpha value is -1.30. The number of piperazine rings is 1. The number of benzene rings is 1. The monoisotopic (exact) mass is 309 g/mol. The van der Waals surface area contributed by atoms with Crippen LogP contribution in [0.15, 0.2) is 24.3 Å². The molecule has 1 aromatic rings. The lowest BCUT2D eigenvalue weighted by atomic mass is 9.98. The van der Waals surface area contributed by atoms with Crippen LogP contribution < -0.4 is 10.6 Å². The molecule has 2 aliphatic rings. The number of carbonyl (C=O) groups is 1. The largest absolute Gasteiger partial charge is 0.379 e. The standard InChI is InChI=1S/C15H20ClN3O2/c16-12-1-3-13(4-2-12)18-6-8-19(9-7-18)14(20)15(17)5-10-21-11-15/h1-4H,5-11,17H2. The third-order valence-corrected chi connectivity index (χ3v) is 4.49. The minimum Gasteiger partial charge on any atom is -0.379 e. The molecule has 0 saturated carbocycles. The summed E-state index contributed by atoms with van der Waals surface area (Å²) in [5.41, 5.74) is 6.47. The predicted molar refractivity (Wildman–Crippen MR) is 82.6 cm³/mol. The van der Waals surface area contributed by atoms with Gasteiger partial charge in [0.2, 0.25) is 5.91 Å². The fourth-order valence-corrected chi connectivity index (χ4v) is 3.01. The third-order valence-electron chi connectivity index (χ3n) is 4.24. The van der Waals surface area contributed by atoms with Crippen LogP contribution in [0, 0.1) is 0 Å². The number of halogens is 1. The quantitative estimate of drug-likeness (QED) is 0.889. The van der Waals surface area contributed by atoms with E-state index in [1.807, 2.05) is 29.2 Å². The molecular weight excluding hydrogens is 290 g/mol. The van der Waals surface area contributed by atoms with Crippen molar-refractivity contribution >= 4 is 23.2 Å². The molecule has 0 aromatic heterocycles. The molecule has 0 aliphatic carbocycles. The SMILES string of the molecule is NC1(C(=O)N2CCN(c3ccc(Cl)cc3)CC2)CCOC1. The second kappa shape index (κ2) is 5.83. The van der Waals surface area contributed by atoms with Crippen LogP contribution in [0.3, 0.4) is 0 Å². The maximum absolute atomic E-state index is 12.5. The van der Waals surface area contributed by atoms with Crippen LogP contribution in [-0.4, -0.2) is 55.7 Å². The van der Waals surface area contributed by atoms with Gasteiger partial charge in [-0.05, 0) is 30.7 Å². The van der Waals surface area contributed by atoms with Gasteiger partial charge in [0, 0.05) is 43.5 Å². The number of nitrogens with zero attached hydrogens (tertiary/aromatic N) is 2. The maximum atomic E-state index is 12.5. The van der Waals surface area contributed by atoms with Crippen molar-refractivity contribution in [3.05, 3.63) is 29.3 Å². The summed E-state index contributed by atoms with van der Waals surface area (Å²) in [7, 11) is 0. The van der Waals surface area contributed by atoms with Crippen molar-refractivity contribution < 1.29 is 9.53 Å². The summed E-state index contributed by atoms with van der Waals surface area (Å²) in [4.78, 5) is 16.6. The zero-order chi connectivity index (χ0) is 14.9. The summed E-state index contributed by atoms with van der Waals surface area (Å²) in [6, 6.07) is 7.79. The highest BCUT2D eigenvalue weighted by Crippen LogP contribution is 2.22. The Labute approximate surface area is 129 Å². The Kier molecular flexibility index (Phi) is 4.06. The van der Waals surface area contributed by atoms with Gasteiger partial charge in [-0.1, -0.05) is 11.6 Å². The minimum atomic E-state index is -0.817. The molecule has 2 aliphatic heterocycles. The number of hydrogen-bond acceptors (Lipinski definition) is 4. The molecule has 0 spiro atoms. The molecule has 114 valence electrons. The molecule has 0 radical (unpaired) electrons. The first-order valence-corrected chi connectivity index (χ1v) is 7.63. The van der Waals surface area contributed by atoms with Crippen molar-refractivity contribution in [2.24, 2.45) is 5.73 Å². The van der Waals surface area contributed by atoms with Crippen molar-refractivity contribution in [1.29, 1.82) is 0 Å². The Morgan fingerprint density at radius 2 is 1.86 bits per heavy atom. The van der Waals surface area contributed by atoms with Gasteiger partial charge >= 0.3 is 0 Å². The first-order valence-electron chi connectivity index (χ1n) is 7.25. The highest BCUT2D eigenvalue weighted by atomic mass is 35.5. The van der Waals surface area contributed by atoms with Crippen molar-refractivity contribution in [2.75, 3.05) is 44.3 Å². The number of nitrogens with two attached hydrogens (primary N) is 1. The zero-order valence-electron chi connectivity index (χ0n) is 11.9. The fraction of sp³-hybridized carbons (Fsp3) is 0.533. The Morgan fingerprint density at radius 1 is 1.19 bits per heavy atom. The molecule has 1 amide bonds. The first kappa shape index (κ1) is 14.6. The summed E-state index contributed by atoms with van der Waals surface area (Å²) < 4.78 is 5.28. The molecule has 6 heteroatoms. The maximum Gasteiger partial charge on any atom is 0.245 e. The third kappa shape index (κ3) is 3.00. The molecule has 1 unspecified atom stereocenters. The summed E-state index contributed by atoms with van der Waals surface area (Å²) >= 11 is 5.91. The van der Waals surface area contributed by atoms with E-state index in [0.29, 0.717) is 32.7 Å². The van der Waals surface area contributed by atoms with Gasteiger partial charge in [0.05, 0.1) is 6.61 Å². The van der Waals surface area contributed by atoms with Gasteiger partial charge < -0.3 is 20.3 Å². The van der Waals surface area contributed by atoms with Crippen LogP contribution in [0.4, 0.5) is 5.69 Å². The van der Waals surface area contributed by atoms with E-state index in [1.165, 1.54) is 0 Å². The Bertz CT molecular complexity index is 506. The van der Waals surface area contributed by atoms with E-state index in [2.05, 4.69) is 4.90 Å². The first-order chi connectivity index (χ1) is 10.1. The van der Waals surface area contributed by atoms with Crippen LogP contribution in [0.1, 0.15) is 6.42 Å². The molecule has 5 nitrogen and oxygen atoms in total. The van der Waals surface area contributed by atoms with Gasteiger partial charge in [0.15, 0.2) is 0 Å². The van der Waals surface area contributed by atoms with Crippen LogP contribution in [-0.2, 0) is 9.53 Å². The number of rotatable bonds is 2. The lowest BCUT2D eigenvalue weighted by Gasteiger charge is -2.39. The summed E-state index contributed by atoms with van der Waals surface area (Å²) in [6.07, 6.45) is 0.614.